The van der Waals surface area contributed by atoms with E-state index in [0.717, 1.165) is 16.5 Å². The second-order valence-corrected chi connectivity index (χ2v) is 7.76. The molecule has 0 aliphatic carbocycles. The zero-order chi connectivity index (χ0) is 24.1. The zero-order valence-electron chi connectivity index (χ0n) is 18.5. The molecule has 34 heavy (non-hydrogen) atoms. The Hall–Kier alpha value is -4.72. The van der Waals surface area contributed by atoms with Crippen molar-refractivity contribution in [3.63, 3.8) is 0 Å². The molecule has 4 aromatic rings. The lowest BCUT2D eigenvalue weighted by atomic mass is 10.0. The van der Waals surface area contributed by atoms with Gasteiger partial charge in [-0.05, 0) is 35.4 Å². The van der Waals surface area contributed by atoms with Crippen molar-refractivity contribution in [2.24, 2.45) is 5.73 Å². The minimum absolute atomic E-state index is 0.154. The van der Waals surface area contributed by atoms with Crippen LogP contribution in [0.25, 0.3) is 22.7 Å². The fourth-order valence-electron chi connectivity index (χ4n) is 3.58. The summed E-state index contributed by atoms with van der Waals surface area (Å²) >= 11 is 0. The van der Waals surface area contributed by atoms with Gasteiger partial charge in [-0.3, -0.25) is 14.4 Å². The highest BCUT2D eigenvalue weighted by Crippen LogP contribution is 2.25. The second kappa shape index (κ2) is 9.83. The predicted octanol–water partition coefficient (Wildman–Crippen LogP) is 3.73. The van der Waals surface area contributed by atoms with Gasteiger partial charge in [0, 0.05) is 35.3 Å². The number of nitrogens with zero attached hydrogens (tertiary/aromatic N) is 1. The SMILES string of the molecule is CC(=O)Nc1ccc(CC(=O)Nc2cnc3[nH]cc(C=C(C(N)=O)c4ccccc4)c3c2)cc1. The summed E-state index contributed by atoms with van der Waals surface area (Å²) in [7, 11) is 0. The molecule has 0 radical (unpaired) electrons. The maximum absolute atomic E-state index is 12.6. The summed E-state index contributed by atoms with van der Waals surface area (Å²) in [4.78, 5) is 43.2. The molecule has 0 bridgehead atoms. The fraction of sp³-hybridized carbons (Fsp3) is 0.0769. The first kappa shape index (κ1) is 22.5. The normalized spacial score (nSPS) is 11.3. The first-order chi connectivity index (χ1) is 16.4. The minimum atomic E-state index is -0.539. The summed E-state index contributed by atoms with van der Waals surface area (Å²) in [6.07, 6.45) is 5.18. The zero-order valence-corrected chi connectivity index (χ0v) is 18.5. The van der Waals surface area contributed by atoms with Crippen LogP contribution in [0.5, 0.6) is 0 Å². The number of aromatic nitrogens is 2. The summed E-state index contributed by atoms with van der Waals surface area (Å²) in [6.45, 7) is 1.44. The molecule has 0 fully saturated rings. The van der Waals surface area contributed by atoms with E-state index >= 15 is 0 Å². The maximum Gasteiger partial charge on any atom is 0.249 e. The van der Waals surface area contributed by atoms with Gasteiger partial charge in [-0.1, -0.05) is 42.5 Å². The van der Waals surface area contributed by atoms with Gasteiger partial charge < -0.3 is 21.4 Å². The Balaban J connectivity index is 1.53. The Kier molecular flexibility index (Phi) is 6.49. The third kappa shape index (κ3) is 5.36. The van der Waals surface area contributed by atoms with Crippen molar-refractivity contribution in [3.05, 3.63) is 89.7 Å². The average Bonchev–Trinajstić information content (AvgIpc) is 3.21. The van der Waals surface area contributed by atoms with Crippen LogP contribution in [0.15, 0.2) is 73.1 Å². The maximum atomic E-state index is 12.6. The summed E-state index contributed by atoms with van der Waals surface area (Å²) < 4.78 is 0. The highest BCUT2D eigenvalue weighted by Gasteiger charge is 2.12. The third-order valence-corrected chi connectivity index (χ3v) is 5.14. The molecule has 0 unspecified atom stereocenters. The molecule has 3 amide bonds. The molecule has 0 saturated heterocycles. The summed E-state index contributed by atoms with van der Waals surface area (Å²) in [5, 5.41) is 6.29. The van der Waals surface area contributed by atoms with Gasteiger partial charge in [0.05, 0.1) is 18.3 Å². The summed E-state index contributed by atoms with van der Waals surface area (Å²) in [6, 6.07) is 18.0. The molecule has 0 aliphatic heterocycles. The van der Waals surface area contributed by atoms with E-state index in [1.165, 1.54) is 6.92 Å². The number of hydrogen-bond donors (Lipinski definition) is 4. The summed E-state index contributed by atoms with van der Waals surface area (Å²) in [5.41, 5.74) is 10.1. The van der Waals surface area contributed by atoms with E-state index in [1.807, 2.05) is 30.3 Å². The van der Waals surface area contributed by atoms with Gasteiger partial charge in [0.25, 0.3) is 0 Å². The van der Waals surface area contributed by atoms with Gasteiger partial charge in [-0.25, -0.2) is 4.98 Å². The number of aromatic amines is 1. The lowest BCUT2D eigenvalue weighted by Crippen LogP contribution is -2.14. The van der Waals surface area contributed by atoms with E-state index in [9.17, 15) is 14.4 Å². The molecule has 0 saturated carbocycles. The van der Waals surface area contributed by atoms with Crippen molar-refractivity contribution in [1.29, 1.82) is 0 Å². The lowest BCUT2D eigenvalue weighted by molar-refractivity contribution is -0.116. The molecule has 2 heterocycles. The standard InChI is InChI=1S/C26H23N5O3/c1-16(32)30-20-9-7-17(8-10-20)11-24(33)31-21-13-23-19(14-28-26(23)29-15-21)12-22(25(27)34)18-5-3-2-4-6-18/h2-10,12-15H,11H2,1H3,(H2,27,34)(H,28,29)(H,30,32)(H,31,33). The smallest absolute Gasteiger partial charge is 0.249 e. The van der Waals surface area contributed by atoms with Crippen LogP contribution in [0.4, 0.5) is 11.4 Å². The molecular weight excluding hydrogens is 430 g/mol. The van der Waals surface area contributed by atoms with Crippen molar-refractivity contribution < 1.29 is 14.4 Å². The van der Waals surface area contributed by atoms with Gasteiger partial charge in [0.1, 0.15) is 5.65 Å². The number of carbonyl (C=O) groups is 3. The number of amides is 3. The molecule has 4 rings (SSSR count). The van der Waals surface area contributed by atoms with Crippen molar-refractivity contribution >= 4 is 51.8 Å². The second-order valence-electron chi connectivity index (χ2n) is 7.76. The van der Waals surface area contributed by atoms with E-state index in [1.54, 1.807) is 48.8 Å². The molecule has 0 atom stereocenters. The topological polar surface area (TPSA) is 130 Å². The number of anilines is 2. The molecular formula is C26H23N5O3. The van der Waals surface area contributed by atoms with Crippen LogP contribution in [0.2, 0.25) is 0 Å². The van der Waals surface area contributed by atoms with Crippen LogP contribution in [0.1, 0.15) is 23.6 Å². The number of carbonyl (C=O) groups excluding carboxylic acids is 3. The molecule has 8 nitrogen and oxygen atoms in total. The van der Waals surface area contributed by atoms with Crippen LogP contribution in [0.3, 0.4) is 0 Å². The summed E-state index contributed by atoms with van der Waals surface area (Å²) in [5.74, 6) is -0.898. The predicted molar refractivity (Wildman–Crippen MR) is 133 cm³/mol. The molecule has 2 aromatic carbocycles. The molecule has 170 valence electrons. The monoisotopic (exact) mass is 453 g/mol. The average molecular weight is 454 g/mol. The van der Waals surface area contributed by atoms with Crippen molar-refractivity contribution in [2.45, 2.75) is 13.3 Å². The molecule has 5 N–H and O–H groups in total. The van der Waals surface area contributed by atoms with Gasteiger partial charge in [0.2, 0.25) is 17.7 Å². The van der Waals surface area contributed by atoms with E-state index in [4.69, 9.17) is 5.73 Å². The Morgan fingerprint density at radius 2 is 1.74 bits per heavy atom. The van der Waals surface area contributed by atoms with E-state index in [0.29, 0.717) is 28.2 Å². The first-order valence-corrected chi connectivity index (χ1v) is 10.6. The number of benzene rings is 2. The van der Waals surface area contributed by atoms with Crippen molar-refractivity contribution in [3.8, 4) is 0 Å². The van der Waals surface area contributed by atoms with Gasteiger partial charge in [0.15, 0.2) is 0 Å². The van der Waals surface area contributed by atoms with Crippen LogP contribution >= 0.6 is 0 Å². The quantitative estimate of drug-likeness (QED) is 0.318. The Morgan fingerprint density at radius 1 is 1.00 bits per heavy atom. The van der Waals surface area contributed by atoms with Crippen LogP contribution in [-0.2, 0) is 20.8 Å². The fourth-order valence-corrected chi connectivity index (χ4v) is 3.58. The molecule has 2 aromatic heterocycles. The number of H-pyrrole nitrogens is 1. The Bertz CT molecular complexity index is 1390. The van der Waals surface area contributed by atoms with E-state index < -0.39 is 5.91 Å². The highest BCUT2D eigenvalue weighted by molar-refractivity contribution is 6.24. The number of nitrogens with one attached hydrogen (secondary N) is 3. The Morgan fingerprint density at radius 3 is 2.41 bits per heavy atom. The number of nitrogens with two attached hydrogens (primary N) is 1. The van der Waals surface area contributed by atoms with Crippen molar-refractivity contribution in [2.75, 3.05) is 10.6 Å². The minimum Gasteiger partial charge on any atom is -0.366 e. The van der Waals surface area contributed by atoms with Crippen LogP contribution < -0.4 is 16.4 Å². The van der Waals surface area contributed by atoms with Crippen LogP contribution in [-0.4, -0.2) is 27.7 Å². The number of pyridine rings is 1. The molecule has 0 spiro atoms. The van der Waals surface area contributed by atoms with Gasteiger partial charge >= 0.3 is 0 Å². The van der Waals surface area contributed by atoms with E-state index in [2.05, 4.69) is 20.6 Å². The number of hydrogen-bond acceptors (Lipinski definition) is 4. The number of primary amides is 1. The lowest BCUT2D eigenvalue weighted by Gasteiger charge is -2.07. The van der Waals surface area contributed by atoms with E-state index in [-0.39, 0.29) is 18.2 Å². The number of rotatable bonds is 7. The van der Waals surface area contributed by atoms with Crippen LogP contribution in [0, 0.1) is 0 Å². The Labute approximate surface area is 195 Å². The van der Waals surface area contributed by atoms with Crippen molar-refractivity contribution in [1.82, 2.24) is 9.97 Å². The molecule has 8 heteroatoms. The van der Waals surface area contributed by atoms with Gasteiger partial charge in [-0.15, -0.1) is 0 Å². The highest BCUT2D eigenvalue weighted by atomic mass is 16.2. The first-order valence-electron chi connectivity index (χ1n) is 10.6. The van der Waals surface area contributed by atoms with Gasteiger partial charge in [-0.2, -0.15) is 0 Å². The largest absolute Gasteiger partial charge is 0.366 e. The molecule has 0 aliphatic rings. The number of fused-ring (bicyclic) bond motifs is 1. The third-order valence-electron chi connectivity index (χ3n) is 5.14.